The first-order valence-electron chi connectivity index (χ1n) is 5.30. The highest BCUT2D eigenvalue weighted by molar-refractivity contribution is 5.45. The molecule has 0 radical (unpaired) electrons. The summed E-state index contributed by atoms with van der Waals surface area (Å²) < 4.78 is 0. The Morgan fingerprint density at radius 3 is 1.61 bits per heavy atom. The molecule has 0 N–H and O–H groups in total. The molecule has 0 atom stereocenters. The molecular formula is C15H9N3. The molecule has 0 aromatic heterocycles. The molecule has 0 saturated heterocycles. The Bertz CT molecular complexity index is 579. The smallest absolute Gasteiger partial charge is 0.0991 e. The van der Waals surface area contributed by atoms with Crippen LogP contribution in [-0.4, -0.2) is 0 Å². The maximum absolute atomic E-state index is 8.67. The first-order valence-corrected chi connectivity index (χ1v) is 5.30. The van der Waals surface area contributed by atoms with E-state index >= 15 is 0 Å². The first-order chi connectivity index (χ1) is 8.81. The zero-order chi connectivity index (χ0) is 12.8. The van der Waals surface area contributed by atoms with Crippen LogP contribution in [0.4, 0.5) is 11.4 Å². The Morgan fingerprint density at radius 1 is 0.778 bits per heavy atom. The Hall–Kier alpha value is -2.91. The van der Waals surface area contributed by atoms with E-state index in [1.54, 1.807) is 24.3 Å². The van der Waals surface area contributed by atoms with Crippen molar-refractivity contribution in [2.75, 3.05) is 0 Å². The van der Waals surface area contributed by atoms with Crippen LogP contribution >= 0.6 is 0 Å². The summed E-state index contributed by atoms with van der Waals surface area (Å²) in [4.78, 5) is 0. The van der Waals surface area contributed by atoms with Gasteiger partial charge in [0.15, 0.2) is 0 Å². The molecule has 0 aliphatic carbocycles. The van der Waals surface area contributed by atoms with Crippen LogP contribution in [0, 0.1) is 23.7 Å². The maximum atomic E-state index is 8.67. The molecule has 3 nitrogen and oxygen atoms in total. The van der Waals surface area contributed by atoms with E-state index in [0.717, 1.165) is 11.3 Å². The van der Waals surface area contributed by atoms with Crippen molar-refractivity contribution in [3.63, 3.8) is 0 Å². The normalized spacial score (nSPS) is 9.89. The van der Waals surface area contributed by atoms with Crippen LogP contribution < -0.4 is 0 Å². The number of nitriles is 1. The fraction of sp³-hybridized carbons (Fsp3) is 0. The third-order valence-electron chi connectivity index (χ3n) is 2.31. The van der Waals surface area contributed by atoms with Crippen molar-refractivity contribution in [2.45, 2.75) is 0 Å². The summed E-state index contributed by atoms with van der Waals surface area (Å²) in [6.07, 6.45) is 5.26. The molecule has 18 heavy (non-hydrogen) atoms. The minimum absolute atomic E-state index is 0.604. The summed E-state index contributed by atoms with van der Waals surface area (Å²) in [5.41, 5.74) is 2.85. The number of hydrogen-bond donors (Lipinski definition) is 0. The van der Waals surface area contributed by atoms with Gasteiger partial charge in [-0.25, -0.2) is 0 Å². The average Bonchev–Trinajstić information content (AvgIpc) is 2.46. The van der Waals surface area contributed by atoms with Gasteiger partial charge in [-0.3, -0.25) is 0 Å². The molecule has 0 fully saturated rings. The molecule has 0 heterocycles. The lowest BCUT2D eigenvalue weighted by Crippen LogP contribution is -1.71. The van der Waals surface area contributed by atoms with Gasteiger partial charge < -0.3 is 0 Å². The first kappa shape index (κ1) is 11.6. The quantitative estimate of drug-likeness (QED) is 0.570. The molecule has 2 aromatic carbocycles. The van der Waals surface area contributed by atoms with E-state index in [9.17, 15) is 0 Å². The fourth-order valence-corrected chi connectivity index (χ4v) is 1.34. The maximum Gasteiger partial charge on any atom is 0.0991 e. The Labute approximate surface area is 105 Å². The van der Waals surface area contributed by atoms with E-state index in [-0.39, 0.29) is 0 Å². The van der Waals surface area contributed by atoms with Crippen LogP contribution in [0.1, 0.15) is 11.1 Å². The fourth-order valence-electron chi connectivity index (χ4n) is 1.34. The second-order valence-corrected chi connectivity index (χ2v) is 3.55. The summed E-state index contributed by atoms with van der Waals surface area (Å²) in [6.45, 7) is 0. The van der Waals surface area contributed by atoms with Crippen molar-refractivity contribution in [3.8, 4) is 18.4 Å². The lowest BCUT2D eigenvalue weighted by molar-refractivity contribution is 1.23. The van der Waals surface area contributed by atoms with E-state index in [1.165, 1.54) is 0 Å². The molecule has 0 bridgehead atoms. The molecule has 0 spiro atoms. The lowest BCUT2D eigenvalue weighted by atomic mass is 10.2. The predicted octanol–water partition coefficient (Wildman–Crippen LogP) is 3.95. The van der Waals surface area contributed by atoms with Gasteiger partial charge in [0.2, 0.25) is 0 Å². The third-order valence-corrected chi connectivity index (χ3v) is 2.31. The Balaban J connectivity index is 2.14. The van der Waals surface area contributed by atoms with E-state index in [4.69, 9.17) is 11.7 Å². The van der Waals surface area contributed by atoms with Gasteiger partial charge in [0.25, 0.3) is 0 Å². The minimum atomic E-state index is 0.604. The summed E-state index contributed by atoms with van der Waals surface area (Å²) in [5, 5.41) is 16.8. The predicted molar refractivity (Wildman–Crippen MR) is 69.7 cm³/mol. The Kier molecular flexibility index (Phi) is 3.49. The largest absolute Gasteiger partial charge is 0.192 e. The highest BCUT2D eigenvalue weighted by atomic mass is 15.1. The molecular weight excluding hydrogens is 222 g/mol. The summed E-state index contributed by atoms with van der Waals surface area (Å²) in [6, 6.07) is 16.2. The number of rotatable bonds is 2. The van der Waals surface area contributed by atoms with Crippen LogP contribution in [0.5, 0.6) is 0 Å². The minimum Gasteiger partial charge on any atom is -0.192 e. The average molecular weight is 231 g/mol. The Morgan fingerprint density at radius 2 is 1.22 bits per heavy atom. The second-order valence-electron chi connectivity index (χ2n) is 3.55. The number of azo groups is 1. The van der Waals surface area contributed by atoms with Gasteiger partial charge in [-0.1, -0.05) is 5.92 Å². The van der Waals surface area contributed by atoms with Gasteiger partial charge in [0.1, 0.15) is 0 Å². The van der Waals surface area contributed by atoms with Gasteiger partial charge in [-0.05, 0) is 48.5 Å². The highest BCUT2D eigenvalue weighted by Gasteiger charge is 1.93. The molecule has 2 aromatic rings. The van der Waals surface area contributed by atoms with E-state index in [2.05, 4.69) is 16.1 Å². The monoisotopic (exact) mass is 231 g/mol. The molecule has 0 amide bonds. The number of hydrogen-bond acceptors (Lipinski definition) is 3. The van der Waals surface area contributed by atoms with Crippen LogP contribution in [0.3, 0.4) is 0 Å². The van der Waals surface area contributed by atoms with E-state index in [1.807, 2.05) is 30.3 Å². The lowest BCUT2D eigenvalue weighted by Gasteiger charge is -1.94. The molecule has 0 aliphatic rings. The molecule has 3 heteroatoms. The molecule has 0 aliphatic heterocycles. The van der Waals surface area contributed by atoms with Crippen LogP contribution in [-0.2, 0) is 0 Å². The topological polar surface area (TPSA) is 48.5 Å². The summed E-state index contributed by atoms with van der Waals surface area (Å²) in [5.74, 6) is 2.54. The van der Waals surface area contributed by atoms with Crippen molar-refractivity contribution < 1.29 is 0 Å². The standard InChI is InChI=1S/C15H9N3/c1-2-12-3-7-14(8-4-12)17-18-15-9-5-13(11-16)6-10-15/h1,3-10H. The van der Waals surface area contributed by atoms with Gasteiger partial charge in [-0.2, -0.15) is 15.5 Å². The van der Waals surface area contributed by atoms with Crippen molar-refractivity contribution in [3.05, 3.63) is 59.7 Å². The zero-order valence-corrected chi connectivity index (χ0v) is 9.54. The van der Waals surface area contributed by atoms with Gasteiger partial charge in [0, 0.05) is 5.56 Å². The van der Waals surface area contributed by atoms with E-state index < -0.39 is 0 Å². The molecule has 2 rings (SSSR count). The molecule has 84 valence electrons. The molecule has 0 unspecified atom stereocenters. The van der Waals surface area contributed by atoms with E-state index in [0.29, 0.717) is 11.3 Å². The van der Waals surface area contributed by atoms with Crippen molar-refractivity contribution in [1.29, 1.82) is 5.26 Å². The van der Waals surface area contributed by atoms with Crippen molar-refractivity contribution >= 4 is 11.4 Å². The van der Waals surface area contributed by atoms with Gasteiger partial charge in [-0.15, -0.1) is 6.42 Å². The molecule has 0 saturated carbocycles. The number of nitrogens with zero attached hydrogens (tertiary/aromatic N) is 3. The number of benzene rings is 2. The van der Waals surface area contributed by atoms with Gasteiger partial charge >= 0.3 is 0 Å². The summed E-state index contributed by atoms with van der Waals surface area (Å²) in [7, 11) is 0. The number of terminal acetylenes is 1. The van der Waals surface area contributed by atoms with Crippen LogP contribution in [0.25, 0.3) is 0 Å². The SMILES string of the molecule is C#Cc1ccc(N=Nc2ccc(C#N)cc2)cc1. The second kappa shape index (κ2) is 5.43. The zero-order valence-electron chi connectivity index (χ0n) is 9.54. The third kappa shape index (κ3) is 2.81. The van der Waals surface area contributed by atoms with Crippen molar-refractivity contribution in [1.82, 2.24) is 0 Å². The van der Waals surface area contributed by atoms with Crippen LogP contribution in [0.15, 0.2) is 58.8 Å². The van der Waals surface area contributed by atoms with Gasteiger partial charge in [0.05, 0.1) is 23.0 Å². The summed E-state index contributed by atoms with van der Waals surface area (Å²) >= 11 is 0. The van der Waals surface area contributed by atoms with Crippen molar-refractivity contribution in [2.24, 2.45) is 10.2 Å². The highest BCUT2D eigenvalue weighted by Crippen LogP contribution is 2.18. The van der Waals surface area contributed by atoms with Crippen LogP contribution in [0.2, 0.25) is 0 Å².